The molecule has 0 radical (unpaired) electrons. The molecule has 3 aliphatic heterocycles. The molecule has 1 saturated carbocycles. The summed E-state index contributed by atoms with van der Waals surface area (Å²) in [5.74, 6) is 2.23. The highest BCUT2D eigenvalue weighted by Crippen LogP contribution is 2.57. The van der Waals surface area contributed by atoms with Crippen molar-refractivity contribution in [3.8, 4) is 16.9 Å². The molecule has 48 heavy (non-hydrogen) atoms. The molecule has 2 amide bonds. The number of methoxy groups -OCH3 is 1. The van der Waals surface area contributed by atoms with Gasteiger partial charge < -0.3 is 34.0 Å². The number of ether oxygens (including phenoxy) is 2. The Labute approximate surface area is 281 Å². The van der Waals surface area contributed by atoms with Gasteiger partial charge >= 0.3 is 13.2 Å². The average Bonchev–Trinajstić information content (AvgIpc) is 3.38. The highest BCUT2D eigenvalue weighted by atomic mass is 16.7. The van der Waals surface area contributed by atoms with Gasteiger partial charge in [-0.2, -0.15) is 0 Å². The van der Waals surface area contributed by atoms with Crippen molar-refractivity contribution in [2.75, 3.05) is 7.11 Å². The number of H-pyrrole nitrogens is 1. The first-order chi connectivity index (χ1) is 22.8. The van der Waals surface area contributed by atoms with Crippen LogP contribution in [0.4, 0.5) is 4.79 Å². The van der Waals surface area contributed by atoms with Crippen LogP contribution in [0.1, 0.15) is 72.3 Å². The predicted octanol–water partition coefficient (Wildman–Crippen LogP) is 5.86. The summed E-state index contributed by atoms with van der Waals surface area (Å²) in [6, 6.07) is 14.1. The summed E-state index contributed by atoms with van der Waals surface area (Å²) in [6.07, 6.45) is 0.230. The molecule has 4 aliphatic rings. The maximum Gasteiger partial charge on any atom is 0.494 e. The van der Waals surface area contributed by atoms with Crippen molar-refractivity contribution >= 4 is 46.4 Å². The zero-order chi connectivity index (χ0) is 33.9. The van der Waals surface area contributed by atoms with Crippen LogP contribution in [0.5, 0.6) is 5.75 Å². The largest absolute Gasteiger partial charge is 0.494 e. The molecule has 1 aromatic heterocycles. The molecule has 0 bridgehead atoms. The number of carbonyl (C=O) groups excluding carboxylic acids is 2. The van der Waals surface area contributed by atoms with E-state index in [2.05, 4.69) is 81.3 Å². The van der Waals surface area contributed by atoms with Crippen LogP contribution in [-0.2, 0) is 25.4 Å². The lowest BCUT2D eigenvalue weighted by Crippen LogP contribution is -2.52. The molecule has 4 aromatic rings. The molecule has 3 aromatic carbocycles. The predicted molar refractivity (Wildman–Crippen MR) is 184 cm³/mol. The number of rotatable bonds is 5. The van der Waals surface area contributed by atoms with Gasteiger partial charge in [0, 0.05) is 17.0 Å². The molecule has 8 rings (SSSR count). The fraction of sp³-hybridized carbons (Fsp3) is 0.486. The molecule has 5 atom stereocenters. The van der Waals surface area contributed by atoms with Crippen LogP contribution in [0.25, 0.3) is 32.9 Å². The van der Waals surface area contributed by atoms with Crippen LogP contribution in [0.3, 0.4) is 0 Å². The summed E-state index contributed by atoms with van der Waals surface area (Å²) in [5, 5.41) is 4.86. The van der Waals surface area contributed by atoms with E-state index in [1.165, 1.54) is 7.11 Å². The summed E-state index contributed by atoms with van der Waals surface area (Å²) in [7, 11) is 0.884. The Bertz CT molecular complexity index is 1970. The topological polar surface area (TPSA) is 115 Å². The number of fused-ring (bicyclic) bond motifs is 7. The maximum atomic E-state index is 14.0. The van der Waals surface area contributed by atoms with Gasteiger partial charge in [0.25, 0.3) is 0 Å². The van der Waals surface area contributed by atoms with Crippen LogP contribution < -0.4 is 15.5 Å². The van der Waals surface area contributed by atoms with E-state index >= 15 is 0 Å². The van der Waals surface area contributed by atoms with Gasteiger partial charge in [0.05, 0.1) is 35.4 Å². The number of likely N-dealkylation sites (tertiary alicyclic amines) is 1. The Hall–Kier alpha value is -4.09. The number of hydrogen-bond donors (Lipinski definition) is 2. The second-order valence-electron chi connectivity index (χ2n) is 15.3. The van der Waals surface area contributed by atoms with Crippen LogP contribution in [0.15, 0.2) is 42.5 Å². The quantitative estimate of drug-likeness (QED) is 0.260. The van der Waals surface area contributed by atoms with Gasteiger partial charge in [0.2, 0.25) is 5.91 Å². The second kappa shape index (κ2) is 10.7. The molecule has 0 spiro atoms. The van der Waals surface area contributed by atoms with E-state index in [0.717, 1.165) is 62.0 Å². The summed E-state index contributed by atoms with van der Waals surface area (Å²) >= 11 is 0. The van der Waals surface area contributed by atoms with Crippen molar-refractivity contribution in [3.05, 3.63) is 53.9 Å². The van der Waals surface area contributed by atoms with Gasteiger partial charge in [-0.25, -0.2) is 9.78 Å². The van der Waals surface area contributed by atoms with Gasteiger partial charge in [-0.15, -0.1) is 0 Å². The maximum absolute atomic E-state index is 14.0. The lowest BCUT2D eigenvalue weighted by atomic mass is 9.77. The number of carbonyl (C=O) groups is 2. The number of piperidine rings is 1. The van der Waals surface area contributed by atoms with Crippen molar-refractivity contribution in [3.63, 3.8) is 0 Å². The van der Waals surface area contributed by atoms with Gasteiger partial charge in [-0.05, 0) is 92.0 Å². The van der Waals surface area contributed by atoms with Crippen molar-refractivity contribution in [1.82, 2.24) is 20.2 Å². The van der Waals surface area contributed by atoms with Crippen molar-refractivity contribution in [2.45, 2.75) is 90.8 Å². The third-order valence-electron chi connectivity index (χ3n) is 11.5. The van der Waals surface area contributed by atoms with Gasteiger partial charge in [0.1, 0.15) is 24.2 Å². The number of imidazole rings is 1. The molecular weight excluding hydrogens is 607 g/mol. The van der Waals surface area contributed by atoms with Crippen molar-refractivity contribution in [1.29, 1.82) is 0 Å². The first kappa shape index (κ1) is 31.2. The molecule has 2 N–H and O–H groups in total. The summed E-state index contributed by atoms with van der Waals surface area (Å²) < 4.78 is 23.8. The van der Waals surface area contributed by atoms with Crippen molar-refractivity contribution in [2.24, 2.45) is 17.8 Å². The van der Waals surface area contributed by atoms with E-state index in [4.69, 9.17) is 23.8 Å². The van der Waals surface area contributed by atoms with E-state index < -0.39 is 30.5 Å². The van der Waals surface area contributed by atoms with Gasteiger partial charge in [-0.3, -0.25) is 4.79 Å². The number of nitrogens with zero attached hydrogens (tertiary/aromatic N) is 2. The Kier molecular flexibility index (Phi) is 6.96. The fourth-order valence-corrected chi connectivity index (χ4v) is 7.94. The fourth-order valence-electron chi connectivity index (χ4n) is 7.94. The Morgan fingerprint density at radius 2 is 1.81 bits per heavy atom. The number of hydrogen-bond acceptors (Lipinski definition) is 7. The van der Waals surface area contributed by atoms with Crippen molar-refractivity contribution < 1.29 is 28.4 Å². The standard InChI is InChI=1S/C37H43BN4O6/c1-18(2)30(41-35(44)45-8)34(43)42-28(15-24-19(3)32(24)42)33-39-27-12-9-20-14-26-23-11-10-22(38-47-36(4,5)37(6,7)48-38)13-21(23)17-46-29(26)16-25(20)31(27)40-33/h9-14,16,18-19,24,28,30,32H,15,17H2,1-8H3,(H,39,40)(H,41,44)/t19-,24+,28+,30+,32-/m1/s1. The highest BCUT2D eigenvalue weighted by Gasteiger charge is 2.61. The van der Waals surface area contributed by atoms with Crippen LogP contribution in [0, 0.1) is 17.8 Å². The minimum absolute atomic E-state index is 0.0923. The van der Waals surface area contributed by atoms with E-state index in [-0.39, 0.29) is 23.9 Å². The summed E-state index contributed by atoms with van der Waals surface area (Å²) in [4.78, 5) is 36.8. The van der Waals surface area contributed by atoms with E-state index in [0.29, 0.717) is 18.4 Å². The van der Waals surface area contributed by atoms with E-state index in [1.54, 1.807) is 0 Å². The molecular formula is C37H43BN4O6. The van der Waals surface area contributed by atoms with Crippen LogP contribution in [-0.4, -0.2) is 64.4 Å². The molecule has 250 valence electrons. The number of aromatic nitrogens is 2. The normalized spacial score (nSPS) is 25.4. The smallest absolute Gasteiger partial charge is 0.488 e. The first-order valence-electron chi connectivity index (χ1n) is 17.0. The van der Waals surface area contributed by atoms with Gasteiger partial charge in [0.15, 0.2) is 0 Å². The monoisotopic (exact) mass is 650 g/mol. The zero-order valence-electron chi connectivity index (χ0n) is 28.8. The number of alkyl carbamates (subject to hydrolysis) is 1. The number of nitrogens with one attached hydrogen (secondary N) is 2. The van der Waals surface area contributed by atoms with E-state index in [9.17, 15) is 9.59 Å². The third kappa shape index (κ3) is 4.72. The number of aromatic amines is 1. The molecule has 2 saturated heterocycles. The van der Waals surface area contributed by atoms with Crippen LogP contribution in [0.2, 0.25) is 0 Å². The molecule has 10 nitrogen and oxygen atoms in total. The lowest BCUT2D eigenvalue weighted by Gasteiger charge is -2.32. The third-order valence-corrected chi connectivity index (χ3v) is 11.5. The molecule has 11 heteroatoms. The molecule has 4 heterocycles. The average molecular weight is 651 g/mol. The SMILES string of the molecule is COC(=O)N[C@H](C(=O)N1[C@@H]2[C@H](C)[C@@H]2C[C@H]1c1nc2ccc3cc4c(cc3c2[nH]1)OCc1cc(B2OC(C)(C)C(C)(C)O2)ccc1-4)C(C)C. The number of amides is 2. The Morgan fingerprint density at radius 3 is 2.52 bits per heavy atom. The number of benzene rings is 3. The van der Waals surface area contributed by atoms with Gasteiger partial charge in [-0.1, -0.05) is 45.0 Å². The zero-order valence-corrected chi connectivity index (χ0v) is 28.8. The Balaban J connectivity index is 1.12. The molecule has 1 aliphatic carbocycles. The highest BCUT2D eigenvalue weighted by molar-refractivity contribution is 6.62. The van der Waals surface area contributed by atoms with E-state index in [1.807, 2.05) is 24.8 Å². The minimum Gasteiger partial charge on any atom is -0.488 e. The lowest BCUT2D eigenvalue weighted by molar-refractivity contribution is -0.137. The molecule has 3 fully saturated rings. The van der Waals surface area contributed by atoms with Crippen LogP contribution >= 0.6 is 0 Å². The molecule has 0 unspecified atom stereocenters. The Morgan fingerprint density at radius 1 is 1.06 bits per heavy atom. The first-order valence-corrected chi connectivity index (χ1v) is 17.0. The summed E-state index contributed by atoms with van der Waals surface area (Å²) in [5.41, 5.74) is 5.21. The summed E-state index contributed by atoms with van der Waals surface area (Å²) in [6.45, 7) is 14.8. The second-order valence-corrected chi connectivity index (χ2v) is 15.3. The minimum atomic E-state index is -0.684.